The Hall–Kier alpha value is -2.28. The fourth-order valence-electron chi connectivity index (χ4n) is 4.83. The molecule has 1 atom stereocenters. The monoisotopic (exact) mass is 426 g/mol. The van der Waals surface area contributed by atoms with Gasteiger partial charge in [0.15, 0.2) is 5.69 Å². The van der Waals surface area contributed by atoms with Crippen molar-refractivity contribution in [2.24, 2.45) is 5.92 Å². The van der Waals surface area contributed by atoms with Gasteiger partial charge >= 0.3 is 0 Å². The van der Waals surface area contributed by atoms with E-state index in [9.17, 15) is 9.59 Å². The van der Waals surface area contributed by atoms with Gasteiger partial charge in [-0.3, -0.25) is 9.59 Å². The maximum absolute atomic E-state index is 13.6. The third-order valence-corrected chi connectivity index (χ3v) is 7.04. The van der Waals surface area contributed by atoms with Gasteiger partial charge in [-0.1, -0.05) is 54.6 Å². The SMILES string of the molecule is CC1CCC(N(C(=O)c2csnn2)[C@H](C(=O)NC2CCCC2)c2ccccc2)CC1. The van der Waals surface area contributed by atoms with Gasteiger partial charge in [0.05, 0.1) is 0 Å². The first-order valence-corrected chi connectivity index (χ1v) is 11.9. The topological polar surface area (TPSA) is 75.2 Å². The second-order valence-corrected chi connectivity index (χ2v) is 9.33. The van der Waals surface area contributed by atoms with E-state index in [4.69, 9.17) is 0 Å². The summed E-state index contributed by atoms with van der Waals surface area (Å²) in [5, 5.41) is 8.95. The smallest absolute Gasteiger partial charge is 0.276 e. The van der Waals surface area contributed by atoms with Gasteiger partial charge in [-0.25, -0.2) is 0 Å². The third kappa shape index (κ3) is 4.72. The van der Waals surface area contributed by atoms with Gasteiger partial charge in [0.25, 0.3) is 5.91 Å². The molecular formula is C23H30N4O2S. The molecule has 0 aliphatic heterocycles. The molecule has 2 aromatic rings. The molecule has 0 saturated heterocycles. The van der Waals surface area contributed by atoms with Crippen molar-refractivity contribution in [2.45, 2.75) is 76.4 Å². The molecule has 1 aromatic heterocycles. The van der Waals surface area contributed by atoms with Crippen LogP contribution in [-0.4, -0.2) is 38.4 Å². The molecule has 2 amide bonds. The lowest BCUT2D eigenvalue weighted by Crippen LogP contribution is -2.51. The van der Waals surface area contributed by atoms with Crippen LogP contribution in [-0.2, 0) is 4.79 Å². The number of benzene rings is 1. The summed E-state index contributed by atoms with van der Waals surface area (Å²) in [6.45, 7) is 2.26. The molecule has 2 aliphatic carbocycles. The van der Waals surface area contributed by atoms with Crippen LogP contribution >= 0.6 is 11.5 Å². The van der Waals surface area contributed by atoms with Gasteiger partial charge in [-0.15, -0.1) is 5.10 Å². The zero-order valence-electron chi connectivity index (χ0n) is 17.5. The zero-order valence-corrected chi connectivity index (χ0v) is 18.3. The minimum absolute atomic E-state index is 0.0231. The van der Waals surface area contributed by atoms with E-state index in [1.165, 1.54) is 11.5 Å². The Morgan fingerprint density at radius 2 is 1.77 bits per heavy atom. The van der Waals surface area contributed by atoms with Crippen LogP contribution in [0.5, 0.6) is 0 Å². The van der Waals surface area contributed by atoms with E-state index in [-0.39, 0.29) is 23.9 Å². The molecule has 2 saturated carbocycles. The Kier molecular flexibility index (Phi) is 6.77. The van der Waals surface area contributed by atoms with Crippen molar-refractivity contribution < 1.29 is 9.59 Å². The summed E-state index contributed by atoms with van der Waals surface area (Å²) >= 11 is 1.17. The van der Waals surface area contributed by atoms with E-state index < -0.39 is 6.04 Å². The molecule has 7 heteroatoms. The molecule has 160 valence electrons. The lowest BCUT2D eigenvalue weighted by Gasteiger charge is -2.40. The number of nitrogens with zero attached hydrogens (tertiary/aromatic N) is 3. The van der Waals surface area contributed by atoms with Gasteiger partial charge in [0.2, 0.25) is 5.91 Å². The minimum Gasteiger partial charge on any atom is -0.351 e. The summed E-state index contributed by atoms with van der Waals surface area (Å²) in [7, 11) is 0. The number of aromatic nitrogens is 2. The molecule has 6 nitrogen and oxygen atoms in total. The number of amides is 2. The Labute approximate surface area is 182 Å². The number of nitrogens with one attached hydrogen (secondary N) is 1. The maximum atomic E-state index is 13.6. The molecule has 0 unspecified atom stereocenters. The van der Waals surface area contributed by atoms with Crippen molar-refractivity contribution in [1.82, 2.24) is 19.8 Å². The van der Waals surface area contributed by atoms with E-state index in [0.717, 1.165) is 56.9 Å². The summed E-state index contributed by atoms with van der Waals surface area (Å²) in [6.07, 6.45) is 8.26. The third-order valence-electron chi connectivity index (χ3n) is 6.54. The fraction of sp³-hybridized carbons (Fsp3) is 0.565. The molecular weight excluding hydrogens is 396 g/mol. The first-order chi connectivity index (χ1) is 14.6. The van der Waals surface area contributed by atoms with Crippen molar-refractivity contribution in [1.29, 1.82) is 0 Å². The van der Waals surface area contributed by atoms with Crippen LogP contribution in [0.1, 0.15) is 80.4 Å². The van der Waals surface area contributed by atoms with E-state index in [1.807, 2.05) is 35.2 Å². The van der Waals surface area contributed by atoms with Crippen molar-refractivity contribution in [3.05, 3.63) is 47.0 Å². The van der Waals surface area contributed by atoms with Crippen LogP contribution in [0, 0.1) is 5.92 Å². The van der Waals surface area contributed by atoms with E-state index >= 15 is 0 Å². The first-order valence-electron chi connectivity index (χ1n) is 11.1. The summed E-state index contributed by atoms with van der Waals surface area (Å²) in [5.41, 5.74) is 1.18. The number of carbonyl (C=O) groups is 2. The summed E-state index contributed by atoms with van der Waals surface area (Å²) < 4.78 is 3.89. The lowest BCUT2D eigenvalue weighted by molar-refractivity contribution is -0.127. The number of hydrogen-bond acceptors (Lipinski definition) is 5. The largest absolute Gasteiger partial charge is 0.351 e. The molecule has 30 heavy (non-hydrogen) atoms. The molecule has 1 heterocycles. The molecule has 1 N–H and O–H groups in total. The van der Waals surface area contributed by atoms with Crippen molar-refractivity contribution >= 4 is 23.3 Å². The minimum atomic E-state index is -0.653. The van der Waals surface area contributed by atoms with Crippen molar-refractivity contribution in [3.8, 4) is 0 Å². The van der Waals surface area contributed by atoms with Crippen LogP contribution in [0.25, 0.3) is 0 Å². The zero-order chi connectivity index (χ0) is 20.9. The van der Waals surface area contributed by atoms with E-state index in [1.54, 1.807) is 5.38 Å². The molecule has 0 spiro atoms. The average molecular weight is 427 g/mol. The van der Waals surface area contributed by atoms with E-state index in [2.05, 4.69) is 21.8 Å². The molecule has 1 aromatic carbocycles. The van der Waals surface area contributed by atoms with Gasteiger partial charge in [0.1, 0.15) is 6.04 Å². The normalized spacial score (nSPS) is 23.1. The highest BCUT2D eigenvalue weighted by atomic mass is 32.1. The quantitative estimate of drug-likeness (QED) is 0.745. The summed E-state index contributed by atoms with van der Waals surface area (Å²) in [5.74, 6) is 0.378. The van der Waals surface area contributed by atoms with Crippen LogP contribution in [0.3, 0.4) is 0 Å². The van der Waals surface area contributed by atoms with Gasteiger partial charge in [-0.05, 0) is 61.5 Å². The first kappa shape index (κ1) is 21.0. The fourth-order valence-corrected chi connectivity index (χ4v) is 5.26. The highest BCUT2D eigenvalue weighted by Gasteiger charge is 2.39. The Morgan fingerprint density at radius 3 is 2.40 bits per heavy atom. The van der Waals surface area contributed by atoms with Crippen LogP contribution in [0.15, 0.2) is 35.7 Å². The Morgan fingerprint density at radius 1 is 1.07 bits per heavy atom. The standard InChI is InChI=1S/C23H30N4O2S/c1-16-11-13-19(14-12-16)27(23(29)20-15-30-26-25-20)21(17-7-3-2-4-8-17)22(28)24-18-9-5-6-10-18/h2-4,7-8,15-16,18-19,21H,5-6,9-14H2,1H3,(H,24,28)/t16?,19?,21-/m0/s1. The molecule has 4 rings (SSSR count). The van der Waals surface area contributed by atoms with Gasteiger partial charge < -0.3 is 10.2 Å². The summed E-state index contributed by atoms with van der Waals surface area (Å²) in [6, 6.07) is 9.27. The van der Waals surface area contributed by atoms with Crippen LogP contribution in [0.2, 0.25) is 0 Å². The molecule has 2 aliphatic rings. The molecule has 0 radical (unpaired) electrons. The maximum Gasteiger partial charge on any atom is 0.276 e. The summed E-state index contributed by atoms with van der Waals surface area (Å²) in [4.78, 5) is 29.0. The highest BCUT2D eigenvalue weighted by Crippen LogP contribution is 2.34. The van der Waals surface area contributed by atoms with Crippen LogP contribution in [0.4, 0.5) is 0 Å². The number of carbonyl (C=O) groups excluding carboxylic acids is 2. The second-order valence-electron chi connectivity index (χ2n) is 8.72. The lowest BCUT2D eigenvalue weighted by atomic mass is 9.85. The van der Waals surface area contributed by atoms with Gasteiger partial charge in [0, 0.05) is 17.5 Å². The average Bonchev–Trinajstić information content (AvgIpc) is 3.47. The Bertz CT molecular complexity index is 828. The van der Waals surface area contributed by atoms with Crippen molar-refractivity contribution in [3.63, 3.8) is 0 Å². The van der Waals surface area contributed by atoms with Crippen molar-refractivity contribution in [2.75, 3.05) is 0 Å². The van der Waals surface area contributed by atoms with E-state index in [0.29, 0.717) is 11.6 Å². The van der Waals surface area contributed by atoms with Crippen LogP contribution < -0.4 is 5.32 Å². The number of hydrogen-bond donors (Lipinski definition) is 1. The van der Waals surface area contributed by atoms with Gasteiger partial charge in [-0.2, -0.15) is 0 Å². The molecule has 0 bridgehead atoms. The second kappa shape index (κ2) is 9.69. The predicted molar refractivity (Wildman–Crippen MR) is 117 cm³/mol. The Balaban J connectivity index is 1.69. The number of rotatable bonds is 6. The molecule has 2 fully saturated rings. The highest BCUT2D eigenvalue weighted by molar-refractivity contribution is 7.03. The predicted octanol–water partition coefficient (Wildman–Crippen LogP) is 4.36.